The molecule has 4 rings (SSSR count). The molecule has 1 saturated carbocycles. The fourth-order valence-corrected chi connectivity index (χ4v) is 5.27. The van der Waals surface area contributed by atoms with Crippen LogP contribution in [0.25, 0.3) is 6.08 Å². The molecule has 5 nitrogen and oxygen atoms in total. The Balaban J connectivity index is 1.30. The van der Waals surface area contributed by atoms with Crippen LogP contribution in [0.1, 0.15) is 54.4 Å². The highest BCUT2D eigenvalue weighted by molar-refractivity contribution is 8.04. The molecule has 32 heavy (non-hydrogen) atoms. The fraction of sp³-hybridized carbons (Fsp3) is 0.385. The van der Waals surface area contributed by atoms with Crippen LogP contribution in [0.4, 0.5) is 5.69 Å². The summed E-state index contributed by atoms with van der Waals surface area (Å²) in [5.41, 5.74) is 2.24. The van der Waals surface area contributed by atoms with E-state index in [1.54, 1.807) is 6.07 Å². The molecule has 2 aliphatic rings. The van der Waals surface area contributed by atoms with E-state index in [1.165, 1.54) is 43.9 Å². The summed E-state index contributed by atoms with van der Waals surface area (Å²) in [5, 5.41) is 5.95. The lowest BCUT2D eigenvalue weighted by molar-refractivity contribution is -0.112. The summed E-state index contributed by atoms with van der Waals surface area (Å²) >= 11 is 1.43. The Kier molecular flexibility index (Phi) is 7.66. The quantitative estimate of drug-likeness (QED) is 0.453. The number of fused-ring (bicyclic) bond motifs is 1. The first-order valence-electron chi connectivity index (χ1n) is 11.5. The molecular weight excluding hydrogens is 418 g/mol. The van der Waals surface area contributed by atoms with Crippen molar-refractivity contribution in [2.75, 3.05) is 25.5 Å². The zero-order valence-electron chi connectivity index (χ0n) is 18.6. The fourth-order valence-electron chi connectivity index (χ4n) is 4.34. The SMILES string of the molecule is CN(CCCNC(=O)c1ccc2c(c1)NC(=O)C(=Cc1ccccc1)S2)C1CCCCC1. The standard InChI is InChI=1S/C26H31N3O2S/c1-29(21-11-6-3-7-12-21)16-8-15-27-25(30)20-13-14-23-22(18-20)28-26(31)24(32-23)17-19-9-4-2-5-10-19/h2,4-5,9-10,13-14,17-18,21H,3,6-8,11-12,15-16H2,1H3,(H,27,30)(H,28,31). The van der Waals surface area contributed by atoms with Gasteiger partial charge in [-0.1, -0.05) is 61.4 Å². The van der Waals surface area contributed by atoms with Crippen LogP contribution >= 0.6 is 11.8 Å². The Hall–Kier alpha value is -2.57. The van der Waals surface area contributed by atoms with Crippen LogP contribution in [0.2, 0.25) is 0 Å². The van der Waals surface area contributed by atoms with Crippen LogP contribution < -0.4 is 10.6 Å². The van der Waals surface area contributed by atoms with Crippen LogP contribution in [0, 0.1) is 0 Å². The normalized spacial score (nSPS) is 17.8. The van der Waals surface area contributed by atoms with Gasteiger partial charge in [-0.15, -0.1) is 0 Å². The number of thioether (sulfide) groups is 1. The molecule has 0 atom stereocenters. The third kappa shape index (κ3) is 5.81. The maximum Gasteiger partial charge on any atom is 0.262 e. The average Bonchev–Trinajstić information content (AvgIpc) is 2.83. The highest BCUT2D eigenvalue weighted by atomic mass is 32.2. The Morgan fingerprint density at radius 3 is 2.72 bits per heavy atom. The number of rotatable bonds is 7. The maximum absolute atomic E-state index is 12.6. The van der Waals surface area contributed by atoms with Gasteiger partial charge in [0, 0.05) is 23.0 Å². The molecule has 0 unspecified atom stereocenters. The number of nitrogens with one attached hydrogen (secondary N) is 2. The van der Waals surface area contributed by atoms with Crippen LogP contribution in [-0.4, -0.2) is 42.9 Å². The number of benzene rings is 2. The summed E-state index contributed by atoms with van der Waals surface area (Å²) in [6, 6.07) is 16.0. The predicted octanol–water partition coefficient (Wildman–Crippen LogP) is 5.16. The molecule has 2 amide bonds. The highest BCUT2D eigenvalue weighted by Gasteiger charge is 2.22. The molecule has 2 aromatic rings. The van der Waals surface area contributed by atoms with Gasteiger partial charge in [-0.2, -0.15) is 0 Å². The van der Waals surface area contributed by atoms with Crippen molar-refractivity contribution in [2.45, 2.75) is 49.5 Å². The second-order valence-electron chi connectivity index (χ2n) is 8.57. The second-order valence-corrected chi connectivity index (χ2v) is 9.65. The van der Waals surface area contributed by atoms with Crippen molar-refractivity contribution in [3.8, 4) is 0 Å². The van der Waals surface area contributed by atoms with Crippen molar-refractivity contribution in [1.29, 1.82) is 0 Å². The minimum Gasteiger partial charge on any atom is -0.352 e. The van der Waals surface area contributed by atoms with Gasteiger partial charge in [0.2, 0.25) is 0 Å². The minimum atomic E-state index is -0.144. The van der Waals surface area contributed by atoms with Gasteiger partial charge in [0.15, 0.2) is 0 Å². The van der Waals surface area contributed by atoms with E-state index in [-0.39, 0.29) is 11.8 Å². The zero-order chi connectivity index (χ0) is 22.3. The lowest BCUT2D eigenvalue weighted by atomic mass is 9.94. The first-order chi connectivity index (χ1) is 15.6. The van der Waals surface area contributed by atoms with Crippen LogP contribution in [0.15, 0.2) is 58.3 Å². The summed E-state index contributed by atoms with van der Waals surface area (Å²) in [5.74, 6) is -0.243. The molecule has 0 spiro atoms. The number of nitrogens with zero attached hydrogens (tertiary/aromatic N) is 1. The molecule has 1 fully saturated rings. The van der Waals surface area contributed by atoms with Gasteiger partial charge in [-0.25, -0.2) is 0 Å². The van der Waals surface area contributed by atoms with Crippen LogP contribution in [-0.2, 0) is 4.79 Å². The van der Waals surface area contributed by atoms with E-state index < -0.39 is 0 Å². The van der Waals surface area contributed by atoms with Crippen LogP contribution in [0.5, 0.6) is 0 Å². The Labute approximate surface area is 194 Å². The number of hydrogen-bond donors (Lipinski definition) is 2. The summed E-state index contributed by atoms with van der Waals surface area (Å²) in [6.45, 7) is 1.65. The number of carbonyl (C=O) groups excluding carboxylic acids is 2. The zero-order valence-corrected chi connectivity index (χ0v) is 19.4. The second kappa shape index (κ2) is 10.8. The number of hydrogen-bond acceptors (Lipinski definition) is 4. The molecule has 0 aromatic heterocycles. The molecule has 6 heteroatoms. The molecule has 1 aliphatic carbocycles. The average molecular weight is 450 g/mol. The monoisotopic (exact) mass is 449 g/mol. The highest BCUT2D eigenvalue weighted by Crippen LogP contribution is 2.39. The Morgan fingerprint density at radius 2 is 1.94 bits per heavy atom. The van der Waals surface area contributed by atoms with Crippen molar-refractivity contribution in [3.63, 3.8) is 0 Å². The number of anilines is 1. The molecule has 0 bridgehead atoms. The maximum atomic E-state index is 12.6. The lowest BCUT2D eigenvalue weighted by Crippen LogP contribution is -2.35. The van der Waals surface area contributed by atoms with Gasteiger partial charge in [-0.05, 0) is 62.7 Å². The Morgan fingerprint density at radius 1 is 1.16 bits per heavy atom. The molecule has 1 heterocycles. The summed E-state index contributed by atoms with van der Waals surface area (Å²) < 4.78 is 0. The Bertz CT molecular complexity index is 984. The van der Waals surface area contributed by atoms with E-state index in [1.807, 2.05) is 48.5 Å². The van der Waals surface area contributed by atoms with Crippen molar-refractivity contribution in [3.05, 3.63) is 64.6 Å². The van der Waals surface area contributed by atoms with Crippen molar-refractivity contribution in [1.82, 2.24) is 10.2 Å². The van der Waals surface area contributed by atoms with Gasteiger partial charge in [0.25, 0.3) is 11.8 Å². The van der Waals surface area contributed by atoms with E-state index in [0.717, 1.165) is 23.4 Å². The number of carbonyl (C=O) groups is 2. The molecule has 0 radical (unpaired) electrons. The molecule has 0 saturated heterocycles. The van der Waals surface area contributed by atoms with Crippen molar-refractivity contribution in [2.24, 2.45) is 0 Å². The number of amides is 2. The first-order valence-corrected chi connectivity index (χ1v) is 12.3. The molecule has 1 aliphatic heterocycles. The van der Waals surface area contributed by atoms with E-state index in [9.17, 15) is 9.59 Å². The predicted molar refractivity (Wildman–Crippen MR) is 132 cm³/mol. The molecule has 2 N–H and O–H groups in total. The lowest BCUT2D eigenvalue weighted by Gasteiger charge is -2.31. The minimum absolute atomic E-state index is 0.0991. The summed E-state index contributed by atoms with van der Waals surface area (Å²) in [4.78, 5) is 29.2. The largest absolute Gasteiger partial charge is 0.352 e. The van der Waals surface area contributed by atoms with Gasteiger partial charge in [0.05, 0.1) is 10.6 Å². The smallest absolute Gasteiger partial charge is 0.262 e. The third-order valence-electron chi connectivity index (χ3n) is 6.20. The van der Waals surface area contributed by atoms with Crippen LogP contribution in [0.3, 0.4) is 0 Å². The van der Waals surface area contributed by atoms with E-state index in [4.69, 9.17) is 0 Å². The summed E-state index contributed by atoms with van der Waals surface area (Å²) in [6.07, 6.45) is 9.45. The van der Waals surface area contributed by atoms with E-state index >= 15 is 0 Å². The van der Waals surface area contributed by atoms with Gasteiger partial charge >= 0.3 is 0 Å². The molecule has 168 valence electrons. The molecular formula is C26H31N3O2S. The topological polar surface area (TPSA) is 61.4 Å². The summed E-state index contributed by atoms with van der Waals surface area (Å²) in [7, 11) is 2.20. The van der Waals surface area contributed by atoms with Crippen molar-refractivity contribution < 1.29 is 9.59 Å². The van der Waals surface area contributed by atoms with Gasteiger partial charge < -0.3 is 15.5 Å². The van der Waals surface area contributed by atoms with Gasteiger partial charge in [-0.3, -0.25) is 9.59 Å². The first kappa shape index (κ1) is 22.6. The van der Waals surface area contributed by atoms with E-state index in [2.05, 4.69) is 22.6 Å². The van der Waals surface area contributed by atoms with Gasteiger partial charge in [0.1, 0.15) is 0 Å². The molecule has 2 aromatic carbocycles. The van der Waals surface area contributed by atoms with E-state index in [0.29, 0.717) is 28.7 Å². The van der Waals surface area contributed by atoms with Crippen molar-refractivity contribution >= 4 is 35.3 Å². The third-order valence-corrected chi connectivity index (χ3v) is 7.30.